The van der Waals surface area contributed by atoms with E-state index in [-0.39, 0.29) is 24.0 Å². The van der Waals surface area contributed by atoms with Gasteiger partial charge in [0.05, 0.1) is 6.54 Å². The van der Waals surface area contributed by atoms with Gasteiger partial charge < -0.3 is 10.6 Å². The highest BCUT2D eigenvalue weighted by Crippen LogP contribution is 2.25. The highest BCUT2D eigenvalue weighted by Gasteiger charge is 2.27. The molecule has 2 rings (SSSR count). The molecule has 0 amide bonds. The van der Waals surface area contributed by atoms with Gasteiger partial charge in [0.1, 0.15) is 0 Å². The molecule has 0 unspecified atom stereocenters. The third kappa shape index (κ3) is 7.52. The maximum atomic E-state index is 4.67. The van der Waals surface area contributed by atoms with Crippen LogP contribution in [0.15, 0.2) is 29.3 Å². The molecule has 2 N–H and O–H groups in total. The quantitative estimate of drug-likeness (QED) is 0.378. The number of halogens is 1. The fourth-order valence-electron chi connectivity index (χ4n) is 2.56. The number of nitrogens with one attached hydrogen (secondary N) is 2. The highest BCUT2D eigenvalue weighted by atomic mass is 127. The Morgan fingerprint density at radius 2 is 1.87 bits per heavy atom. The van der Waals surface area contributed by atoms with Gasteiger partial charge >= 0.3 is 0 Å². The zero-order valence-corrected chi connectivity index (χ0v) is 17.0. The van der Waals surface area contributed by atoms with Crippen molar-refractivity contribution in [1.29, 1.82) is 0 Å². The summed E-state index contributed by atoms with van der Waals surface area (Å²) in [6.07, 6.45) is 2.74. The fraction of sp³-hybridized carbons (Fsp3) is 0.611. The molecule has 0 heterocycles. The van der Waals surface area contributed by atoms with Crippen molar-refractivity contribution < 1.29 is 0 Å². The van der Waals surface area contributed by atoms with Crippen LogP contribution in [0.5, 0.6) is 0 Å². The van der Waals surface area contributed by atoms with E-state index in [9.17, 15) is 0 Å². The van der Waals surface area contributed by atoms with Gasteiger partial charge in [-0.15, -0.1) is 24.0 Å². The minimum Gasteiger partial charge on any atom is -0.357 e. The van der Waals surface area contributed by atoms with Crippen LogP contribution < -0.4 is 10.6 Å². The summed E-state index contributed by atoms with van der Waals surface area (Å²) in [5.41, 5.74) is 2.54. The van der Waals surface area contributed by atoms with Crippen molar-refractivity contribution in [3.63, 3.8) is 0 Å². The molecule has 0 bridgehead atoms. The Balaban J connectivity index is 0.00000264. The van der Waals surface area contributed by atoms with E-state index in [1.807, 2.05) is 0 Å². The third-order valence-electron chi connectivity index (χ3n) is 4.05. The average molecular weight is 430 g/mol. The van der Waals surface area contributed by atoms with Crippen LogP contribution in [0.2, 0.25) is 0 Å². The summed E-state index contributed by atoms with van der Waals surface area (Å²) in [7, 11) is 0. The number of hydrogen-bond acceptors (Lipinski definition) is 2. The first-order valence-electron chi connectivity index (χ1n) is 8.54. The molecule has 5 heteroatoms. The van der Waals surface area contributed by atoms with E-state index in [1.165, 1.54) is 24.0 Å². The van der Waals surface area contributed by atoms with Crippen molar-refractivity contribution in [2.45, 2.75) is 46.2 Å². The van der Waals surface area contributed by atoms with Crippen LogP contribution in [0, 0.1) is 6.92 Å². The maximum Gasteiger partial charge on any atom is 0.191 e. The van der Waals surface area contributed by atoms with Gasteiger partial charge in [-0.2, -0.15) is 0 Å². The van der Waals surface area contributed by atoms with Crippen molar-refractivity contribution >= 4 is 29.9 Å². The second-order valence-electron chi connectivity index (χ2n) is 5.97. The molecule has 23 heavy (non-hydrogen) atoms. The van der Waals surface area contributed by atoms with Crippen LogP contribution in [0.3, 0.4) is 0 Å². The zero-order valence-electron chi connectivity index (χ0n) is 14.6. The first kappa shape index (κ1) is 20.2. The Kier molecular flexibility index (Phi) is 9.55. The molecule has 0 spiro atoms. The first-order valence-corrected chi connectivity index (χ1v) is 8.54. The monoisotopic (exact) mass is 430 g/mol. The number of likely N-dealkylation sites (N-methyl/N-ethyl adjacent to an activating group) is 1. The number of benzene rings is 1. The number of nitrogens with zero attached hydrogens (tertiary/aromatic N) is 2. The molecule has 0 radical (unpaired) electrons. The second-order valence-corrected chi connectivity index (χ2v) is 5.97. The lowest BCUT2D eigenvalue weighted by Gasteiger charge is -2.20. The topological polar surface area (TPSA) is 39.7 Å². The first-order chi connectivity index (χ1) is 10.7. The van der Waals surface area contributed by atoms with Crippen molar-refractivity contribution in [1.82, 2.24) is 15.5 Å². The summed E-state index contributed by atoms with van der Waals surface area (Å²) in [6, 6.07) is 9.40. The Bertz CT molecular complexity index is 468. The number of hydrogen-bond donors (Lipinski definition) is 2. The van der Waals surface area contributed by atoms with Crippen LogP contribution in [-0.4, -0.2) is 43.1 Å². The molecule has 0 aliphatic heterocycles. The SMILES string of the molecule is CCNC(=NCc1ccc(C)cc1)NCCN(CC)C1CC1.I. The van der Waals surface area contributed by atoms with Crippen LogP contribution in [-0.2, 0) is 6.54 Å². The molecule has 1 aliphatic rings. The van der Waals surface area contributed by atoms with E-state index in [4.69, 9.17) is 0 Å². The van der Waals surface area contributed by atoms with Crippen molar-refractivity contribution in [2.75, 3.05) is 26.2 Å². The summed E-state index contributed by atoms with van der Waals surface area (Å²) < 4.78 is 0. The minimum atomic E-state index is 0. The number of aliphatic imine (C=N–C) groups is 1. The highest BCUT2D eigenvalue weighted by molar-refractivity contribution is 14.0. The van der Waals surface area contributed by atoms with Gasteiger partial charge in [-0.3, -0.25) is 4.90 Å². The minimum absolute atomic E-state index is 0. The van der Waals surface area contributed by atoms with Gasteiger partial charge in [-0.1, -0.05) is 36.8 Å². The number of aryl methyl sites for hydroxylation is 1. The Labute approximate surface area is 158 Å². The van der Waals surface area contributed by atoms with Crippen LogP contribution in [0.1, 0.15) is 37.8 Å². The van der Waals surface area contributed by atoms with Crippen molar-refractivity contribution in [3.05, 3.63) is 35.4 Å². The number of rotatable bonds is 8. The Morgan fingerprint density at radius 1 is 1.17 bits per heavy atom. The molecule has 0 saturated heterocycles. The number of guanidine groups is 1. The van der Waals surface area contributed by atoms with Crippen LogP contribution in [0.4, 0.5) is 0 Å². The van der Waals surface area contributed by atoms with E-state index in [0.29, 0.717) is 0 Å². The van der Waals surface area contributed by atoms with E-state index in [0.717, 1.165) is 44.7 Å². The average Bonchev–Trinajstić information content (AvgIpc) is 3.35. The second kappa shape index (κ2) is 10.9. The molecule has 1 aliphatic carbocycles. The largest absolute Gasteiger partial charge is 0.357 e. The van der Waals surface area contributed by atoms with Gasteiger partial charge in [0.25, 0.3) is 0 Å². The molecule has 4 nitrogen and oxygen atoms in total. The lowest BCUT2D eigenvalue weighted by molar-refractivity contribution is 0.282. The lowest BCUT2D eigenvalue weighted by Crippen LogP contribution is -2.42. The normalized spacial score (nSPS) is 14.5. The summed E-state index contributed by atoms with van der Waals surface area (Å²) in [5.74, 6) is 0.912. The van der Waals surface area contributed by atoms with E-state index in [2.05, 4.69) is 65.6 Å². The Hall–Kier alpha value is -0.820. The zero-order chi connectivity index (χ0) is 15.8. The Morgan fingerprint density at radius 3 is 2.43 bits per heavy atom. The van der Waals surface area contributed by atoms with Gasteiger partial charge in [0.2, 0.25) is 0 Å². The maximum absolute atomic E-state index is 4.67. The molecule has 1 fully saturated rings. The summed E-state index contributed by atoms with van der Waals surface area (Å²) in [4.78, 5) is 7.22. The predicted octanol–water partition coefficient (Wildman–Crippen LogP) is 3.15. The smallest absolute Gasteiger partial charge is 0.191 e. The molecule has 1 saturated carbocycles. The van der Waals surface area contributed by atoms with E-state index < -0.39 is 0 Å². The molecular weight excluding hydrogens is 399 g/mol. The van der Waals surface area contributed by atoms with Gasteiger partial charge in [-0.05, 0) is 38.8 Å². The molecule has 0 atom stereocenters. The third-order valence-corrected chi connectivity index (χ3v) is 4.05. The molecule has 1 aromatic carbocycles. The van der Waals surface area contributed by atoms with Crippen molar-refractivity contribution in [2.24, 2.45) is 4.99 Å². The fourth-order valence-corrected chi connectivity index (χ4v) is 2.56. The van der Waals surface area contributed by atoms with Crippen molar-refractivity contribution in [3.8, 4) is 0 Å². The standard InChI is InChI=1S/C18H30N4.HI/c1-4-19-18(20-12-13-22(5-2)17-10-11-17)21-14-16-8-6-15(3)7-9-16;/h6-9,17H,4-5,10-14H2,1-3H3,(H2,19,20,21);1H. The summed E-state index contributed by atoms with van der Waals surface area (Å²) >= 11 is 0. The molecule has 1 aromatic rings. The lowest BCUT2D eigenvalue weighted by atomic mass is 10.1. The van der Waals surface area contributed by atoms with Gasteiger partial charge in [0, 0.05) is 25.7 Å². The molecule has 130 valence electrons. The van der Waals surface area contributed by atoms with E-state index in [1.54, 1.807) is 0 Å². The van der Waals surface area contributed by atoms with Crippen LogP contribution >= 0.6 is 24.0 Å². The molecular formula is C18H31IN4. The van der Waals surface area contributed by atoms with Crippen LogP contribution in [0.25, 0.3) is 0 Å². The van der Waals surface area contributed by atoms with E-state index >= 15 is 0 Å². The molecule has 0 aromatic heterocycles. The predicted molar refractivity (Wildman–Crippen MR) is 110 cm³/mol. The summed E-state index contributed by atoms with van der Waals surface area (Å²) in [5, 5.41) is 6.77. The van der Waals surface area contributed by atoms with Gasteiger partial charge in [0.15, 0.2) is 5.96 Å². The summed E-state index contributed by atoms with van der Waals surface area (Å²) in [6.45, 7) is 11.2. The van der Waals surface area contributed by atoms with Gasteiger partial charge in [-0.25, -0.2) is 4.99 Å².